The highest BCUT2D eigenvalue weighted by Gasteiger charge is 2.61. The van der Waals surface area contributed by atoms with E-state index in [-0.39, 0.29) is 0 Å². The van der Waals surface area contributed by atoms with Crippen LogP contribution in [-0.2, 0) is 9.47 Å². The summed E-state index contributed by atoms with van der Waals surface area (Å²) in [6.45, 7) is 7.72. The molecule has 2 fully saturated rings. The van der Waals surface area contributed by atoms with Gasteiger partial charge < -0.3 is 9.47 Å². The maximum atomic E-state index is 6.03. The van der Waals surface area contributed by atoms with Gasteiger partial charge in [0.25, 0.3) is 0 Å². The fourth-order valence-corrected chi connectivity index (χ4v) is 4.46. The molecule has 0 heterocycles. The number of hydrogen-bond acceptors (Lipinski definition) is 2. The van der Waals surface area contributed by atoms with Gasteiger partial charge in [0.2, 0.25) is 0 Å². The van der Waals surface area contributed by atoms with Gasteiger partial charge >= 0.3 is 0 Å². The lowest BCUT2D eigenvalue weighted by molar-refractivity contribution is -0.127. The Kier molecular flexibility index (Phi) is 4.71. The maximum Gasteiger partial charge on any atom is 0.0866 e. The van der Waals surface area contributed by atoms with Crippen LogP contribution in [0, 0.1) is 17.3 Å². The predicted molar refractivity (Wildman–Crippen MR) is 74.7 cm³/mol. The van der Waals surface area contributed by atoms with E-state index in [1.165, 1.54) is 32.1 Å². The summed E-state index contributed by atoms with van der Waals surface area (Å²) >= 11 is 0. The molecule has 1 spiro atoms. The molecule has 0 aromatic carbocycles. The Morgan fingerprint density at radius 1 is 1.17 bits per heavy atom. The van der Waals surface area contributed by atoms with Crippen molar-refractivity contribution in [3.8, 4) is 0 Å². The molecule has 0 amide bonds. The second-order valence-corrected chi connectivity index (χ2v) is 6.21. The van der Waals surface area contributed by atoms with Gasteiger partial charge in [-0.05, 0) is 42.9 Å². The molecule has 0 aromatic heterocycles. The third kappa shape index (κ3) is 2.34. The van der Waals surface area contributed by atoms with Gasteiger partial charge in [0.05, 0.1) is 12.2 Å². The number of methoxy groups -OCH3 is 1. The summed E-state index contributed by atoms with van der Waals surface area (Å²) < 4.78 is 11.9. The third-order valence-electron chi connectivity index (χ3n) is 5.42. The molecule has 0 aromatic rings. The highest BCUT2D eigenvalue weighted by atomic mass is 16.5. The highest BCUT2D eigenvalue weighted by Crippen LogP contribution is 2.66. The molecule has 2 saturated carbocycles. The van der Waals surface area contributed by atoms with Crippen molar-refractivity contribution in [1.29, 1.82) is 0 Å². The van der Waals surface area contributed by atoms with E-state index in [9.17, 15) is 0 Å². The number of ether oxygens (including phenoxy) is 2. The molecule has 2 heteroatoms. The summed E-state index contributed by atoms with van der Waals surface area (Å²) in [6, 6.07) is 0. The fourth-order valence-electron chi connectivity index (χ4n) is 4.46. The average Bonchev–Trinajstić information content (AvgIpc) is 3.10. The van der Waals surface area contributed by atoms with E-state index in [4.69, 9.17) is 9.47 Å². The van der Waals surface area contributed by atoms with Crippen molar-refractivity contribution in [2.75, 3.05) is 13.7 Å². The largest absolute Gasteiger partial charge is 0.378 e. The Hall–Kier alpha value is -0.0800. The van der Waals surface area contributed by atoms with Crippen molar-refractivity contribution in [2.24, 2.45) is 17.3 Å². The molecule has 2 aliphatic rings. The normalized spacial score (nSPS) is 43.3. The molecular formula is C16H30O2. The van der Waals surface area contributed by atoms with Gasteiger partial charge in [-0.3, -0.25) is 0 Å². The fraction of sp³-hybridized carbons (Fsp3) is 1.00. The molecule has 0 bridgehead atoms. The second kappa shape index (κ2) is 5.92. The van der Waals surface area contributed by atoms with Crippen molar-refractivity contribution in [2.45, 2.75) is 71.5 Å². The minimum atomic E-state index is 0.326. The third-order valence-corrected chi connectivity index (χ3v) is 5.42. The Bertz CT molecular complexity index is 266. The van der Waals surface area contributed by atoms with E-state index < -0.39 is 0 Å². The van der Waals surface area contributed by atoms with Crippen LogP contribution >= 0.6 is 0 Å². The van der Waals surface area contributed by atoms with Crippen LogP contribution in [0.3, 0.4) is 0 Å². The highest BCUT2D eigenvalue weighted by molar-refractivity contribution is 5.11. The van der Waals surface area contributed by atoms with Gasteiger partial charge in [0.15, 0.2) is 0 Å². The zero-order chi connectivity index (χ0) is 13.2. The van der Waals surface area contributed by atoms with Crippen molar-refractivity contribution < 1.29 is 9.47 Å². The van der Waals surface area contributed by atoms with E-state index in [0.29, 0.717) is 23.5 Å². The Labute approximate surface area is 112 Å². The molecule has 4 unspecified atom stereocenters. The number of rotatable bonds is 6. The molecule has 2 rings (SSSR count). The monoisotopic (exact) mass is 254 g/mol. The molecule has 2 nitrogen and oxygen atoms in total. The standard InChI is InChI=1S/C16H30O2/c1-5-10-18-14-8-9-16(11-12(16)6-2)13(7-3)15(14)17-4/h12-15H,5-11H2,1-4H3/t12?,13?,14?,15?,16-/m1/s1. The summed E-state index contributed by atoms with van der Waals surface area (Å²) in [5.74, 6) is 1.66. The summed E-state index contributed by atoms with van der Waals surface area (Å²) in [5.41, 5.74) is 0.607. The molecule has 0 saturated heterocycles. The zero-order valence-corrected chi connectivity index (χ0v) is 12.6. The Morgan fingerprint density at radius 3 is 2.44 bits per heavy atom. The van der Waals surface area contributed by atoms with Crippen LogP contribution < -0.4 is 0 Å². The topological polar surface area (TPSA) is 18.5 Å². The summed E-state index contributed by atoms with van der Waals surface area (Å²) in [6.07, 6.45) is 8.34. The van der Waals surface area contributed by atoms with Crippen LogP contribution in [0.5, 0.6) is 0 Å². The SMILES string of the molecule is CCCOC1CC[C@]2(CC2CC)C(CC)C1OC. The lowest BCUT2D eigenvalue weighted by Gasteiger charge is -2.43. The lowest BCUT2D eigenvalue weighted by Crippen LogP contribution is -2.46. The lowest BCUT2D eigenvalue weighted by atomic mass is 9.70. The Morgan fingerprint density at radius 2 is 1.94 bits per heavy atom. The first kappa shape index (κ1) is 14.3. The first-order valence-corrected chi connectivity index (χ1v) is 7.87. The molecule has 106 valence electrons. The van der Waals surface area contributed by atoms with Crippen LogP contribution in [0.25, 0.3) is 0 Å². The molecule has 2 aliphatic carbocycles. The van der Waals surface area contributed by atoms with Gasteiger partial charge in [-0.25, -0.2) is 0 Å². The zero-order valence-electron chi connectivity index (χ0n) is 12.6. The minimum Gasteiger partial charge on any atom is -0.378 e. The van der Waals surface area contributed by atoms with Gasteiger partial charge in [0.1, 0.15) is 0 Å². The predicted octanol–water partition coefficient (Wildman–Crippen LogP) is 4.03. The van der Waals surface area contributed by atoms with E-state index in [1.807, 2.05) is 7.11 Å². The van der Waals surface area contributed by atoms with Crippen LogP contribution in [0.4, 0.5) is 0 Å². The first-order chi connectivity index (χ1) is 8.73. The molecule has 0 aliphatic heterocycles. The summed E-state index contributed by atoms with van der Waals surface area (Å²) in [7, 11) is 1.87. The summed E-state index contributed by atoms with van der Waals surface area (Å²) in [5, 5.41) is 0. The summed E-state index contributed by atoms with van der Waals surface area (Å²) in [4.78, 5) is 0. The minimum absolute atomic E-state index is 0.326. The van der Waals surface area contributed by atoms with E-state index in [2.05, 4.69) is 20.8 Å². The van der Waals surface area contributed by atoms with Crippen molar-refractivity contribution >= 4 is 0 Å². The molecule has 5 atom stereocenters. The van der Waals surface area contributed by atoms with Crippen molar-refractivity contribution in [3.63, 3.8) is 0 Å². The van der Waals surface area contributed by atoms with Gasteiger partial charge in [0, 0.05) is 13.7 Å². The molecule has 18 heavy (non-hydrogen) atoms. The van der Waals surface area contributed by atoms with E-state index >= 15 is 0 Å². The number of hydrogen-bond donors (Lipinski definition) is 0. The average molecular weight is 254 g/mol. The van der Waals surface area contributed by atoms with Gasteiger partial charge in [-0.1, -0.05) is 33.6 Å². The van der Waals surface area contributed by atoms with Crippen molar-refractivity contribution in [1.82, 2.24) is 0 Å². The van der Waals surface area contributed by atoms with E-state index in [1.54, 1.807) is 0 Å². The van der Waals surface area contributed by atoms with Crippen molar-refractivity contribution in [3.05, 3.63) is 0 Å². The second-order valence-electron chi connectivity index (χ2n) is 6.21. The van der Waals surface area contributed by atoms with Crippen LogP contribution in [0.15, 0.2) is 0 Å². The van der Waals surface area contributed by atoms with Crippen LogP contribution in [0.2, 0.25) is 0 Å². The quantitative estimate of drug-likeness (QED) is 0.712. The van der Waals surface area contributed by atoms with E-state index in [0.717, 1.165) is 18.9 Å². The maximum absolute atomic E-state index is 6.03. The smallest absolute Gasteiger partial charge is 0.0866 e. The Balaban J connectivity index is 2.05. The molecule has 0 N–H and O–H groups in total. The molecular weight excluding hydrogens is 224 g/mol. The first-order valence-electron chi connectivity index (χ1n) is 7.87. The van der Waals surface area contributed by atoms with Crippen LogP contribution in [0.1, 0.15) is 59.3 Å². The molecule has 0 radical (unpaired) electrons. The van der Waals surface area contributed by atoms with Gasteiger partial charge in [-0.15, -0.1) is 0 Å². The van der Waals surface area contributed by atoms with Gasteiger partial charge in [-0.2, -0.15) is 0 Å². The van der Waals surface area contributed by atoms with Crippen LogP contribution in [-0.4, -0.2) is 25.9 Å².